The van der Waals surface area contributed by atoms with E-state index < -0.39 is 60.6 Å². The van der Waals surface area contributed by atoms with Gasteiger partial charge in [0.1, 0.15) is 24.9 Å². The van der Waals surface area contributed by atoms with E-state index in [0.717, 1.165) is 5.56 Å². The van der Waals surface area contributed by atoms with E-state index in [9.17, 15) is 14.4 Å². The van der Waals surface area contributed by atoms with Crippen molar-refractivity contribution in [3.8, 4) is 0 Å². The summed E-state index contributed by atoms with van der Waals surface area (Å²) in [6, 6.07) is 7.58. The molecule has 0 saturated carbocycles. The Hall–Kier alpha value is -2.73. The van der Waals surface area contributed by atoms with Crippen molar-refractivity contribution in [1.82, 2.24) is 5.32 Å². The fourth-order valence-corrected chi connectivity index (χ4v) is 3.96. The highest BCUT2D eigenvalue weighted by Crippen LogP contribution is 2.41. The fourth-order valence-electron chi connectivity index (χ4n) is 3.96. The number of fused-ring (bicyclic) bond motifs is 1. The van der Waals surface area contributed by atoms with Gasteiger partial charge >= 0.3 is 18.0 Å². The Labute approximate surface area is 197 Å². The Morgan fingerprint density at radius 2 is 1.76 bits per heavy atom. The van der Waals surface area contributed by atoms with Crippen molar-refractivity contribution in [3.63, 3.8) is 0 Å². The minimum Gasteiger partial charge on any atom is -0.464 e. The van der Waals surface area contributed by atoms with E-state index in [1.165, 1.54) is 14.0 Å². The molecular formula is C23H31NO10. The minimum atomic E-state index is -1.44. The summed E-state index contributed by atoms with van der Waals surface area (Å²) in [6.45, 7) is 6.24. The molecule has 1 aromatic rings. The maximum atomic E-state index is 12.9. The highest BCUT2D eigenvalue weighted by Gasteiger charge is 2.60. The van der Waals surface area contributed by atoms with Crippen LogP contribution >= 0.6 is 0 Å². The Bertz CT molecular complexity index is 861. The second-order valence-corrected chi connectivity index (χ2v) is 8.28. The molecule has 2 aliphatic heterocycles. The van der Waals surface area contributed by atoms with Gasteiger partial charge in [-0.3, -0.25) is 4.79 Å². The number of carbonyl (C=O) groups excluding carboxylic acids is 3. The first-order valence-corrected chi connectivity index (χ1v) is 11.0. The summed E-state index contributed by atoms with van der Waals surface area (Å²) >= 11 is 0. The van der Waals surface area contributed by atoms with E-state index in [-0.39, 0.29) is 13.2 Å². The number of amides is 1. The van der Waals surface area contributed by atoms with Crippen LogP contribution in [-0.2, 0) is 49.4 Å². The number of hydrogen-bond donors (Lipinski definition) is 1. The molecule has 0 aromatic heterocycles. The van der Waals surface area contributed by atoms with Gasteiger partial charge in [-0.25, -0.2) is 9.59 Å². The van der Waals surface area contributed by atoms with Crippen LogP contribution in [0.1, 0.15) is 33.3 Å². The van der Waals surface area contributed by atoms with Gasteiger partial charge in [0.2, 0.25) is 0 Å². The van der Waals surface area contributed by atoms with Gasteiger partial charge in [0, 0.05) is 14.0 Å². The topological polar surface area (TPSA) is 128 Å². The molecule has 1 amide bonds. The van der Waals surface area contributed by atoms with Crippen molar-refractivity contribution < 1.29 is 47.5 Å². The van der Waals surface area contributed by atoms with Crippen LogP contribution in [0.15, 0.2) is 30.3 Å². The number of hydrogen-bond acceptors (Lipinski definition) is 10. The number of carbonyl (C=O) groups is 3. The lowest BCUT2D eigenvalue weighted by atomic mass is 9.99. The molecule has 0 unspecified atom stereocenters. The van der Waals surface area contributed by atoms with E-state index in [1.807, 2.05) is 6.07 Å². The van der Waals surface area contributed by atoms with Gasteiger partial charge in [-0.05, 0) is 26.3 Å². The maximum Gasteiger partial charge on any atom is 0.408 e. The molecule has 1 aromatic carbocycles. The normalized spacial score (nSPS) is 26.7. The zero-order valence-electron chi connectivity index (χ0n) is 19.8. The molecule has 3 rings (SSSR count). The van der Waals surface area contributed by atoms with Crippen molar-refractivity contribution in [2.45, 2.75) is 76.8 Å². The predicted octanol–water partition coefficient (Wildman–Crippen LogP) is 1.67. The van der Waals surface area contributed by atoms with Crippen molar-refractivity contribution in [1.29, 1.82) is 0 Å². The van der Waals surface area contributed by atoms with Crippen LogP contribution < -0.4 is 5.32 Å². The second-order valence-electron chi connectivity index (χ2n) is 8.28. The SMILES string of the molecule is CCOC(=O)[C@@H](NC(=O)OCc1ccccc1)[C@H](OC(C)=O)[C@H]1O[C@@H](OC)[C@@H]2OC(C)(C)O[C@H]12. The van der Waals surface area contributed by atoms with Crippen molar-refractivity contribution >= 4 is 18.0 Å². The van der Waals surface area contributed by atoms with Crippen LogP contribution in [-0.4, -0.2) is 74.3 Å². The summed E-state index contributed by atoms with van der Waals surface area (Å²) in [5, 5.41) is 2.46. The van der Waals surface area contributed by atoms with E-state index in [0.29, 0.717) is 0 Å². The predicted molar refractivity (Wildman–Crippen MR) is 115 cm³/mol. The smallest absolute Gasteiger partial charge is 0.408 e. The summed E-state index contributed by atoms with van der Waals surface area (Å²) in [7, 11) is 1.43. The third-order valence-corrected chi connectivity index (χ3v) is 5.26. The number of benzene rings is 1. The van der Waals surface area contributed by atoms with Gasteiger partial charge in [-0.2, -0.15) is 0 Å². The van der Waals surface area contributed by atoms with Crippen molar-refractivity contribution in [2.24, 2.45) is 0 Å². The van der Waals surface area contributed by atoms with Crippen LogP contribution in [0.25, 0.3) is 0 Å². The number of methoxy groups -OCH3 is 1. The molecule has 2 heterocycles. The van der Waals surface area contributed by atoms with Crippen molar-refractivity contribution in [2.75, 3.05) is 13.7 Å². The summed E-state index contributed by atoms with van der Waals surface area (Å²) in [4.78, 5) is 37.4. The van der Waals surface area contributed by atoms with Crippen LogP contribution in [0.4, 0.5) is 4.79 Å². The number of rotatable bonds is 9. The average Bonchev–Trinajstić information content (AvgIpc) is 3.28. The summed E-state index contributed by atoms with van der Waals surface area (Å²) < 4.78 is 39.0. The fraction of sp³-hybridized carbons (Fsp3) is 0.609. The van der Waals surface area contributed by atoms with Crippen LogP contribution in [0.2, 0.25) is 0 Å². The van der Waals surface area contributed by atoms with Crippen LogP contribution in [0.5, 0.6) is 0 Å². The highest BCUT2D eigenvalue weighted by molar-refractivity contribution is 5.82. The molecule has 2 aliphatic rings. The largest absolute Gasteiger partial charge is 0.464 e. The maximum absolute atomic E-state index is 12.9. The molecule has 188 valence electrons. The number of alkyl carbamates (subject to hydrolysis) is 1. The summed E-state index contributed by atoms with van der Waals surface area (Å²) in [6.07, 6.45) is -5.46. The monoisotopic (exact) mass is 481 g/mol. The zero-order chi connectivity index (χ0) is 24.9. The van der Waals surface area contributed by atoms with Crippen LogP contribution in [0, 0.1) is 0 Å². The summed E-state index contributed by atoms with van der Waals surface area (Å²) in [5.41, 5.74) is 0.755. The molecule has 34 heavy (non-hydrogen) atoms. The molecule has 2 saturated heterocycles. The molecule has 11 nitrogen and oxygen atoms in total. The van der Waals surface area contributed by atoms with Gasteiger partial charge in [0.15, 0.2) is 24.2 Å². The van der Waals surface area contributed by atoms with Crippen LogP contribution in [0.3, 0.4) is 0 Å². The van der Waals surface area contributed by atoms with E-state index in [2.05, 4.69) is 5.32 Å². The van der Waals surface area contributed by atoms with Gasteiger partial charge in [-0.1, -0.05) is 30.3 Å². The Morgan fingerprint density at radius 3 is 2.38 bits per heavy atom. The minimum absolute atomic E-state index is 0.0258. The Balaban J connectivity index is 1.83. The average molecular weight is 481 g/mol. The van der Waals surface area contributed by atoms with E-state index in [1.54, 1.807) is 45.0 Å². The molecule has 0 bridgehead atoms. The summed E-state index contributed by atoms with van der Waals surface area (Å²) in [5.74, 6) is -2.49. The highest BCUT2D eigenvalue weighted by atomic mass is 16.8. The van der Waals surface area contributed by atoms with Gasteiger partial charge < -0.3 is 38.5 Å². The molecule has 2 fully saturated rings. The quantitative estimate of drug-likeness (QED) is 0.411. The second kappa shape index (κ2) is 11.1. The van der Waals surface area contributed by atoms with Gasteiger partial charge in [0.25, 0.3) is 0 Å². The van der Waals surface area contributed by atoms with Crippen molar-refractivity contribution in [3.05, 3.63) is 35.9 Å². The van der Waals surface area contributed by atoms with Gasteiger partial charge in [0.05, 0.1) is 6.61 Å². The molecule has 0 spiro atoms. The standard InChI is InChI=1S/C23H31NO10/c1-6-29-20(26)15(24-22(27)30-12-14-10-8-7-9-11-14)16(31-13(2)25)17-18-19(21(28-5)32-17)34-23(3,4)33-18/h7-11,15-19,21H,6,12H2,1-5H3,(H,24,27)/t15-,16-,17+,18+,19+,21+/m0/s1. The first-order chi connectivity index (χ1) is 16.1. The molecule has 11 heteroatoms. The van der Waals surface area contributed by atoms with E-state index >= 15 is 0 Å². The first kappa shape index (κ1) is 25.9. The molecule has 0 aliphatic carbocycles. The number of ether oxygens (including phenoxy) is 7. The third-order valence-electron chi connectivity index (χ3n) is 5.26. The Kier molecular flexibility index (Phi) is 8.47. The molecule has 1 N–H and O–H groups in total. The molecular weight excluding hydrogens is 450 g/mol. The first-order valence-electron chi connectivity index (χ1n) is 11.0. The number of nitrogens with one attached hydrogen (secondary N) is 1. The molecule has 6 atom stereocenters. The lowest BCUT2D eigenvalue weighted by molar-refractivity contribution is -0.240. The van der Waals surface area contributed by atoms with Gasteiger partial charge in [-0.15, -0.1) is 0 Å². The van der Waals surface area contributed by atoms with E-state index in [4.69, 9.17) is 33.2 Å². The lowest BCUT2D eigenvalue weighted by Gasteiger charge is -2.32. The zero-order valence-corrected chi connectivity index (χ0v) is 19.8. The Morgan fingerprint density at radius 1 is 1.09 bits per heavy atom. The number of esters is 2. The lowest BCUT2D eigenvalue weighted by Crippen LogP contribution is -2.57. The third kappa shape index (κ3) is 6.23. The molecule has 0 radical (unpaired) electrons.